The number of nitrogens with two attached hydrogens (primary N) is 2. The fourth-order valence-corrected chi connectivity index (χ4v) is 1.78. The third kappa shape index (κ3) is 3.73. The van der Waals surface area contributed by atoms with Crippen LogP contribution in [0.1, 0.15) is 23.2 Å². The van der Waals surface area contributed by atoms with Crippen LogP contribution in [0.25, 0.3) is 0 Å². The molecule has 0 aliphatic heterocycles. The summed E-state index contributed by atoms with van der Waals surface area (Å²) in [5, 5.41) is 0. The van der Waals surface area contributed by atoms with E-state index in [1.54, 1.807) is 24.3 Å². The first kappa shape index (κ1) is 15.6. The van der Waals surface area contributed by atoms with E-state index in [9.17, 15) is 8.78 Å². The molecule has 0 aliphatic rings. The maximum Gasteiger partial charge on any atom is 0.123 e. The summed E-state index contributed by atoms with van der Waals surface area (Å²) < 4.78 is 25.6. The largest absolute Gasteiger partial charge is 0.322 e. The van der Waals surface area contributed by atoms with E-state index in [4.69, 9.17) is 11.5 Å². The van der Waals surface area contributed by atoms with E-state index in [1.807, 2.05) is 0 Å². The Morgan fingerprint density at radius 1 is 0.632 bits per heavy atom. The van der Waals surface area contributed by atoms with Crippen molar-refractivity contribution in [3.05, 3.63) is 71.3 Å². The van der Waals surface area contributed by atoms with Crippen LogP contribution in [0.5, 0.6) is 0 Å². The van der Waals surface area contributed by atoms with Crippen LogP contribution in [0.4, 0.5) is 8.78 Å². The first-order valence-electron chi connectivity index (χ1n) is 5.60. The van der Waals surface area contributed by atoms with Crippen LogP contribution >= 0.6 is 12.4 Å². The number of hydrogen-bond acceptors (Lipinski definition) is 2. The summed E-state index contributed by atoms with van der Waals surface area (Å²) in [5.41, 5.74) is 13.5. The highest BCUT2D eigenvalue weighted by Crippen LogP contribution is 2.24. The Morgan fingerprint density at radius 3 is 1.16 bits per heavy atom. The average molecular weight is 285 g/mol. The highest BCUT2D eigenvalue weighted by atomic mass is 35.5. The van der Waals surface area contributed by atoms with Gasteiger partial charge in [0.25, 0.3) is 0 Å². The van der Waals surface area contributed by atoms with Crippen molar-refractivity contribution in [3.63, 3.8) is 0 Å². The first-order chi connectivity index (χ1) is 8.58. The highest BCUT2D eigenvalue weighted by Gasteiger charge is 2.17. The lowest BCUT2D eigenvalue weighted by atomic mass is 9.95. The molecule has 102 valence electrons. The third-order valence-corrected chi connectivity index (χ3v) is 2.90. The fourth-order valence-electron chi connectivity index (χ4n) is 1.78. The molecule has 0 heterocycles. The average Bonchev–Trinajstić information content (AvgIpc) is 2.39. The maximum atomic E-state index is 12.8. The Kier molecular flexibility index (Phi) is 5.42. The predicted octanol–water partition coefficient (Wildman–Crippen LogP) is 3.09. The lowest BCUT2D eigenvalue weighted by Gasteiger charge is -2.20. The summed E-state index contributed by atoms with van der Waals surface area (Å²) in [7, 11) is 0. The molecule has 19 heavy (non-hydrogen) atoms. The van der Waals surface area contributed by atoms with Gasteiger partial charge in [0.05, 0.1) is 0 Å². The van der Waals surface area contributed by atoms with Crippen LogP contribution in [0, 0.1) is 11.6 Å². The molecule has 0 saturated heterocycles. The molecule has 4 N–H and O–H groups in total. The molecule has 2 rings (SSSR count). The second-order valence-corrected chi connectivity index (χ2v) is 4.15. The summed E-state index contributed by atoms with van der Waals surface area (Å²) in [5.74, 6) is -0.636. The molecule has 0 fully saturated rings. The molecule has 2 atom stereocenters. The normalized spacial score (nSPS) is 13.5. The molecular weight excluding hydrogens is 270 g/mol. The molecule has 0 bridgehead atoms. The molecule has 0 spiro atoms. The number of hydrogen-bond donors (Lipinski definition) is 2. The Labute approximate surface area is 116 Å². The van der Waals surface area contributed by atoms with Crippen molar-refractivity contribution in [2.24, 2.45) is 11.5 Å². The number of rotatable bonds is 3. The van der Waals surface area contributed by atoms with Crippen molar-refractivity contribution in [2.75, 3.05) is 0 Å². The zero-order valence-electron chi connectivity index (χ0n) is 10.1. The Balaban J connectivity index is 0.00000180. The van der Waals surface area contributed by atoms with Gasteiger partial charge in [0.2, 0.25) is 0 Å². The van der Waals surface area contributed by atoms with E-state index in [1.165, 1.54) is 24.3 Å². The summed E-state index contributed by atoms with van der Waals surface area (Å²) in [6, 6.07) is 10.8. The van der Waals surface area contributed by atoms with Crippen LogP contribution in [-0.4, -0.2) is 0 Å². The Bertz CT molecular complexity index is 464. The predicted molar refractivity (Wildman–Crippen MR) is 73.9 cm³/mol. The van der Waals surface area contributed by atoms with Gasteiger partial charge in [-0.2, -0.15) is 0 Å². The second-order valence-electron chi connectivity index (χ2n) is 4.15. The summed E-state index contributed by atoms with van der Waals surface area (Å²) in [6.07, 6.45) is 0. The minimum atomic E-state index is -0.462. The molecule has 5 heteroatoms. The van der Waals surface area contributed by atoms with Crippen LogP contribution in [0.15, 0.2) is 48.5 Å². The van der Waals surface area contributed by atoms with Gasteiger partial charge in [0.15, 0.2) is 0 Å². The SMILES string of the molecule is Cl.N[C@@H](c1ccc(F)cc1)[C@@H](N)c1ccc(F)cc1. The van der Waals surface area contributed by atoms with E-state index >= 15 is 0 Å². The van der Waals surface area contributed by atoms with Gasteiger partial charge < -0.3 is 11.5 Å². The Hall–Kier alpha value is -1.49. The van der Waals surface area contributed by atoms with Crippen molar-refractivity contribution in [1.82, 2.24) is 0 Å². The number of benzene rings is 2. The molecule has 0 radical (unpaired) electrons. The van der Waals surface area contributed by atoms with Crippen molar-refractivity contribution in [2.45, 2.75) is 12.1 Å². The standard InChI is InChI=1S/C14H14F2N2.ClH/c15-11-5-1-9(2-6-11)13(17)14(18)10-3-7-12(16)8-4-10;/h1-8,13-14H,17-18H2;1H/t13-,14-;/m0./s1. The van der Waals surface area contributed by atoms with Gasteiger partial charge in [-0.15, -0.1) is 12.4 Å². The molecule has 0 unspecified atom stereocenters. The third-order valence-electron chi connectivity index (χ3n) is 2.90. The lowest BCUT2D eigenvalue weighted by Crippen LogP contribution is -2.26. The van der Waals surface area contributed by atoms with Crippen molar-refractivity contribution in [3.8, 4) is 0 Å². The van der Waals surface area contributed by atoms with Crippen LogP contribution in [0.2, 0.25) is 0 Å². The topological polar surface area (TPSA) is 52.0 Å². The van der Waals surface area contributed by atoms with E-state index in [0.29, 0.717) is 0 Å². The summed E-state index contributed by atoms with van der Waals surface area (Å²) in [4.78, 5) is 0. The first-order valence-corrected chi connectivity index (χ1v) is 5.60. The van der Waals surface area contributed by atoms with Crippen molar-refractivity contribution in [1.29, 1.82) is 0 Å². The zero-order valence-corrected chi connectivity index (χ0v) is 10.9. The Morgan fingerprint density at radius 2 is 0.895 bits per heavy atom. The van der Waals surface area contributed by atoms with Gasteiger partial charge in [-0.25, -0.2) is 8.78 Å². The van der Waals surface area contributed by atoms with Gasteiger partial charge >= 0.3 is 0 Å². The summed E-state index contributed by atoms with van der Waals surface area (Å²) in [6.45, 7) is 0. The van der Waals surface area contributed by atoms with Gasteiger partial charge in [0.1, 0.15) is 11.6 Å². The molecular formula is C14H15ClF2N2. The maximum absolute atomic E-state index is 12.8. The zero-order chi connectivity index (χ0) is 13.1. The molecule has 0 aromatic heterocycles. The van der Waals surface area contributed by atoms with E-state index in [-0.39, 0.29) is 24.0 Å². The smallest absolute Gasteiger partial charge is 0.123 e. The highest BCUT2D eigenvalue weighted by molar-refractivity contribution is 5.85. The van der Waals surface area contributed by atoms with Gasteiger partial charge in [-0.1, -0.05) is 24.3 Å². The minimum absolute atomic E-state index is 0. The second kappa shape index (κ2) is 6.61. The van der Waals surface area contributed by atoms with Crippen LogP contribution in [0.3, 0.4) is 0 Å². The van der Waals surface area contributed by atoms with Crippen molar-refractivity contribution >= 4 is 12.4 Å². The van der Waals surface area contributed by atoms with E-state index in [2.05, 4.69) is 0 Å². The van der Waals surface area contributed by atoms with E-state index in [0.717, 1.165) is 11.1 Å². The summed E-state index contributed by atoms with van der Waals surface area (Å²) >= 11 is 0. The van der Waals surface area contributed by atoms with Crippen LogP contribution < -0.4 is 11.5 Å². The monoisotopic (exact) mass is 284 g/mol. The van der Waals surface area contributed by atoms with Crippen molar-refractivity contribution < 1.29 is 8.78 Å². The molecule has 0 saturated carbocycles. The minimum Gasteiger partial charge on any atom is -0.322 e. The van der Waals surface area contributed by atoms with Gasteiger partial charge in [0, 0.05) is 12.1 Å². The quantitative estimate of drug-likeness (QED) is 0.910. The molecule has 0 amide bonds. The molecule has 2 aromatic carbocycles. The molecule has 0 aliphatic carbocycles. The molecule has 2 aromatic rings. The number of halogens is 3. The van der Waals surface area contributed by atoms with E-state index < -0.39 is 12.1 Å². The lowest BCUT2D eigenvalue weighted by molar-refractivity contribution is 0.567. The van der Waals surface area contributed by atoms with Crippen LogP contribution in [-0.2, 0) is 0 Å². The van der Waals surface area contributed by atoms with Gasteiger partial charge in [-0.05, 0) is 35.4 Å². The van der Waals surface area contributed by atoms with Gasteiger partial charge in [-0.3, -0.25) is 0 Å². The molecule has 2 nitrogen and oxygen atoms in total. The fraction of sp³-hybridized carbons (Fsp3) is 0.143.